The molecule has 0 saturated heterocycles. The number of carbonyl (C=O) groups is 1. The minimum absolute atomic E-state index is 0.115. The second-order valence-corrected chi connectivity index (χ2v) is 5.66. The van der Waals surface area contributed by atoms with E-state index in [1.54, 1.807) is 38.5 Å². The van der Waals surface area contributed by atoms with Gasteiger partial charge in [0.25, 0.3) is 0 Å². The molecular weight excluding hydrogens is 309 g/mol. The lowest BCUT2D eigenvalue weighted by molar-refractivity contribution is -0.120. The standard InChI is InChI=1S/C19H18FNO3/c1-12-7-13(3-6-17(12)20)10-21-19(22)8-14-11-24-18-9-15(23-2)4-5-16(14)18/h3-7,9,11H,8,10H2,1-2H3,(H,21,22). The first-order valence-electron chi connectivity index (χ1n) is 7.62. The van der Waals surface area contributed by atoms with E-state index in [4.69, 9.17) is 9.15 Å². The van der Waals surface area contributed by atoms with E-state index >= 15 is 0 Å². The van der Waals surface area contributed by atoms with Gasteiger partial charge in [-0.15, -0.1) is 0 Å². The van der Waals surface area contributed by atoms with E-state index in [1.165, 1.54) is 6.07 Å². The zero-order valence-electron chi connectivity index (χ0n) is 13.6. The zero-order valence-corrected chi connectivity index (χ0v) is 13.6. The number of fused-ring (bicyclic) bond motifs is 1. The molecule has 24 heavy (non-hydrogen) atoms. The molecule has 0 bridgehead atoms. The van der Waals surface area contributed by atoms with Crippen molar-refractivity contribution in [3.05, 3.63) is 65.2 Å². The number of hydrogen-bond acceptors (Lipinski definition) is 3. The smallest absolute Gasteiger partial charge is 0.224 e. The van der Waals surface area contributed by atoms with Crippen LogP contribution in [0, 0.1) is 12.7 Å². The van der Waals surface area contributed by atoms with Crippen LogP contribution in [0.2, 0.25) is 0 Å². The lowest BCUT2D eigenvalue weighted by Crippen LogP contribution is -2.24. The van der Waals surface area contributed by atoms with Gasteiger partial charge in [-0.05, 0) is 36.2 Å². The highest BCUT2D eigenvalue weighted by molar-refractivity contribution is 5.88. The van der Waals surface area contributed by atoms with E-state index in [1.807, 2.05) is 12.1 Å². The largest absolute Gasteiger partial charge is 0.497 e. The maximum atomic E-state index is 13.2. The molecule has 0 aliphatic carbocycles. The molecule has 0 atom stereocenters. The van der Waals surface area contributed by atoms with Gasteiger partial charge in [0.05, 0.1) is 19.8 Å². The van der Waals surface area contributed by atoms with Crippen molar-refractivity contribution in [1.29, 1.82) is 0 Å². The van der Waals surface area contributed by atoms with Crippen molar-refractivity contribution in [2.24, 2.45) is 0 Å². The Morgan fingerprint density at radius 1 is 1.25 bits per heavy atom. The number of rotatable bonds is 5. The molecule has 0 spiro atoms. The first-order valence-corrected chi connectivity index (χ1v) is 7.62. The Morgan fingerprint density at radius 2 is 2.08 bits per heavy atom. The normalized spacial score (nSPS) is 10.8. The average molecular weight is 327 g/mol. The SMILES string of the molecule is COc1ccc2c(CC(=O)NCc3ccc(F)c(C)c3)coc2c1. The van der Waals surface area contributed by atoms with Gasteiger partial charge in [0.15, 0.2) is 0 Å². The molecule has 0 unspecified atom stereocenters. The molecular formula is C19H18FNO3. The number of ether oxygens (including phenoxy) is 1. The van der Waals surface area contributed by atoms with Gasteiger partial charge in [0, 0.05) is 23.6 Å². The highest BCUT2D eigenvalue weighted by atomic mass is 19.1. The first-order chi connectivity index (χ1) is 11.6. The Morgan fingerprint density at radius 3 is 2.83 bits per heavy atom. The van der Waals surface area contributed by atoms with Gasteiger partial charge >= 0.3 is 0 Å². The van der Waals surface area contributed by atoms with Crippen molar-refractivity contribution in [3.63, 3.8) is 0 Å². The predicted octanol–water partition coefficient (Wildman–Crippen LogP) is 3.75. The molecule has 1 heterocycles. The van der Waals surface area contributed by atoms with E-state index in [0.29, 0.717) is 23.4 Å². The average Bonchev–Trinajstić information content (AvgIpc) is 2.98. The van der Waals surface area contributed by atoms with Crippen molar-refractivity contribution < 1.29 is 18.3 Å². The van der Waals surface area contributed by atoms with Gasteiger partial charge in [0.2, 0.25) is 5.91 Å². The first kappa shape index (κ1) is 16.1. The maximum Gasteiger partial charge on any atom is 0.224 e. The molecule has 3 rings (SSSR count). The van der Waals surface area contributed by atoms with Crippen molar-refractivity contribution in [1.82, 2.24) is 5.32 Å². The van der Waals surface area contributed by atoms with Crippen LogP contribution >= 0.6 is 0 Å². The molecule has 5 heteroatoms. The Kier molecular flexibility index (Phi) is 4.51. The lowest BCUT2D eigenvalue weighted by Gasteiger charge is -2.06. The lowest BCUT2D eigenvalue weighted by atomic mass is 10.1. The number of nitrogens with one attached hydrogen (secondary N) is 1. The number of aryl methyl sites for hydroxylation is 1. The predicted molar refractivity (Wildman–Crippen MR) is 89.5 cm³/mol. The number of amides is 1. The number of hydrogen-bond donors (Lipinski definition) is 1. The van der Waals surface area contributed by atoms with Gasteiger partial charge in [-0.25, -0.2) is 4.39 Å². The molecule has 0 radical (unpaired) electrons. The van der Waals surface area contributed by atoms with Crippen LogP contribution in [0.15, 0.2) is 47.1 Å². The fourth-order valence-corrected chi connectivity index (χ4v) is 2.58. The van der Waals surface area contributed by atoms with Gasteiger partial charge in [-0.2, -0.15) is 0 Å². The van der Waals surface area contributed by atoms with E-state index < -0.39 is 0 Å². The number of furan rings is 1. The molecule has 0 aliphatic rings. The summed E-state index contributed by atoms with van der Waals surface area (Å²) >= 11 is 0. The van der Waals surface area contributed by atoms with Crippen LogP contribution in [0.1, 0.15) is 16.7 Å². The quantitative estimate of drug-likeness (QED) is 0.776. The summed E-state index contributed by atoms with van der Waals surface area (Å²) in [6.07, 6.45) is 1.81. The Balaban J connectivity index is 1.65. The Labute approximate surface area is 139 Å². The van der Waals surface area contributed by atoms with Gasteiger partial charge in [-0.3, -0.25) is 4.79 Å². The van der Waals surface area contributed by atoms with Crippen molar-refractivity contribution in [2.45, 2.75) is 19.9 Å². The third-order valence-electron chi connectivity index (χ3n) is 3.93. The molecule has 1 N–H and O–H groups in total. The third-order valence-corrected chi connectivity index (χ3v) is 3.93. The second kappa shape index (κ2) is 6.74. The Bertz CT molecular complexity index is 885. The van der Waals surface area contributed by atoms with Crippen molar-refractivity contribution >= 4 is 16.9 Å². The van der Waals surface area contributed by atoms with Crippen LogP contribution in [0.3, 0.4) is 0 Å². The van der Waals surface area contributed by atoms with Crippen molar-refractivity contribution in [3.8, 4) is 5.75 Å². The van der Waals surface area contributed by atoms with E-state index in [-0.39, 0.29) is 18.1 Å². The summed E-state index contributed by atoms with van der Waals surface area (Å²) in [5, 5.41) is 3.74. The molecule has 124 valence electrons. The monoisotopic (exact) mass is 327 g/mol. The summed E-state index contributed by atoms with van der Waals surface area (Å²) in [4.78, 5) is 12.2. The number of carbonyl (C=O) groups excluding carboxylic acids is 1. The maximum absolute atomic E-state index is 13.2. The minimum Gasteiger partial charge on any atom is -0.497 e. The van der Waals surface area contributed by atoms with Gasteiger partial charge in [0.1, 0.15) is 17.1 Å². The summed E-state index contributed by atoms with van der Waals surface area (Å²) in [7, 11) is 1.59. The molecule has 3 aromatic rings. The van der Waals surface area contributed by atoms with E-state index in [0.717, 1.165) is 16.5 Å². The summed E-state index contributed by atoms with van der Waals surface area (Å²) in [5.74, 6) is 0.348. The molecule has 1 aromatic heterocycles. The van der Waals surface area contributed by atoms with E-state index in [2.05, 4.69) is 5.32 Å². The molecule has 0 saturated carbocycles. The van der Waals surface area contributed by atoms with Crippen LogP contribution in [0.4, 0.5) is 4.39 Å². The number of methoxy groups -OCH3 is 1. The van der Waals surface area contributed by atoms with Crippen LogP contribution in [-0.2, 0) is 17.8 Å². The van der Waals surface area contributed by atoms with Gasteiger partial charge in [-0.1, -0.05) is 12.1 Å². The van der Waals surface area contributed by atoms with Gasteiger partial charge < -0.3 is 14.5 Å². The van der Waals surface area contributed by atoms with Crippen LogP contribution in [0.5, 0.6) is 5.75 Å². The molecule has 4 nitrogen and oxygen atoms in total. The molecule has 0 fully saturated rings. The van der Waals surface area contributed by atoms with Crippen molar-refractivity contribution in [2.75, 3.05) is 7.11 Å². The summed E-state index contributed by atoms with van der Waals surface area (Å²) in [6, 6.07) is 10.3. The molecule has 2 aromatic carbocycles. The molecule has 0 aliphatic heterocycles. The summed E-state index contributed by atoms with van der Waals surface area (Å²) in [6.45, 7) is 2.07. The van der Waals surface area contributed by atoms with Crippen LogP contribution in [0.25, 0.3) is 11.0 Å². The van der Waals surface area contributed by atoms with E-state index in [9.17, 15) is 9.18 Å². The highest BCUT2D eigenvalue weighted by Gasteiger charge is 2.11. The summed E-state index contributed by atoms with van der Waals surface area (Å²) < 4.78 is 23.9. The molecule has 1 amide bonds. The van der Waals surface area contributed by atoms with Crippen LogP contribution in [-0.4, -0.2) is 13.0 Å². The fourth-order valence-electron chi connectivity index (χ4n) is 2.58. The zero-order chi connectivity index (χ0) is 17.1. The summed E-state index contributed by atoms with van der Waals surface area (Å²) in [5.41, 5.74) is 2.94. The van der Waals surface area contributed by atoms with Crippen LogP contribution < -0.4 is 10.1 Å². The highest BCUT2D eigenvalue weighted by Crippen LogP contribution is 2.25. The minimum atomic E-state index is -0.245. The number of benzene rings is 2. The Hall–Kier alpha value is -2.82. The second-order valence-electron chi connectivity index (χ2n) is 5.66. The number of halogens is 1. The third kappa shape index (κ3) is 3.40. The fraction of sp³-hybridized carbons (Fsp3) is 0.211. The topological polar surface area (TPSA) is 51.5 Å².